The van der Waals surface area contributed by atoms with Gasteiger partial charge >= 0.3 is 0 Å². The fourth-order valence-corrected chi connectivity index (χ4v) is 4.36. The van der Waals surface area contributed by atoms with Gasteiger partial charge in [0.25, 0.3) is 5.91 Å². The van der Waals surface area contributed by atoms with Crippen LogP contribution in [0, 0.1) is 0 Å². The zero-order valence-electron chi connectivity index (χ0n) is 22.4. The fourth-order valence-electron chi connectivity index (χ4n) is 4.13. The minimum Gasteiger partial charge on any atom is -0.494 e. The van der Waals surface area contributed by atoms with Crippen molar-refractivity contribution in [1.29, 1.82) is 0 Å². The predicted molar refractivity (Wildman–Crippen MR) is 148 cm³/mol. The van der Waals surface area contributed by atoms with E-state index in [0.717, 1.165) is 31.6 Å². The third kappa shape index (κ3) is 13.2. The molecule has 1 aromatic heterocycles. The van der Waals surface area contributed by atoms with Crippen LogP contribution in [0.15, 0.2) is 42.7 Å². The van der Waals surface area contributed by atoms with Gasteiger partial charge in [0.1, 0.15) is 18.0 Å². The molecule has 1 heterocycles. The number of nitrogens with one attached hydrogen (secondary N) is 1. The van der Waals surface area contributed by atoms with Crippen LogP contribution in [0.3, 0.4) is 0 Å². The molecule has 200 valence electrons. The average molecular weight is 518 g/mol. The summed E-state index contributed by atoms with van der Waals surface area (Å²) in [4.78, 5) is 12.2. The van der Waals surface area contributed by atoms with Gasteiger partial charge < -0.3 is 14.8 Å². The van der Waals surface area contributed by atoms with Crippen LogP contribution in [0.25, 0.3) is 0 Å². The van der Waals surface area contributed by atoms with Crippen LogP contribution in [0.4, 0.5) is 0 Å². The number of halogens is 1. The molecule has 1 N–H and O–H groups in total. The highest BCUT2D eigenvalue weighted by atomic mass is 35.5. The Morgan fingerprint density at radius 2 is 1.64 bits per heavy atom. The highest BCUT2D eigenvalue weighted by Crippen LogP contribution is 2.29. The number of aryl methyl sites for hydroxylation is 1. The molecule has 0 saturated heterocycles. The summed E-state index contributed by atoms with van der Waals surface area (Å²) in [5.74, 6) is 1.06. The molecule has 0 unspecified atom stereocenters. The monoisotopic (exact) mass is 517 g/mol. The second-order valence-corrected chi connectivity index (χ2v) is 9.87. The number of rotatable bonds is 20. The molecule has 0 radical (unpaired) electrons. The maximum Gasteiger partial charge on any atom is 0.257 e. The molecule has 0 fully saturated rings. The van der Waals surface area contributed by atoms with E-state index in [-0.39, 0.29) is 12.5 Å². The summed E-state index contributed by atoms with van der Waals surface area (Å²) < 4.78 is 13.6. The Morgan fingerprint density at radius 1 is 0.917 bits per heavy atom. The minimum absolute atomic E-state index is 0.0663. The molecule has 2 aromatic rings. The highest BCUT2D eigenvalue weighted by molar-refractivity contribution is 6.32. The number of ether oxygens (including phenoxy) is 2. The van der Waals surface area contributed by atoms with Gasteiger partial charge in [-0.05, 0) is 31.0 Å². The minimum atomic E-state index is -0.162. The number of benzene rings is 1. The molecule has 2 rings (SSSR count). The van der Waals surface area contributed by atoms with Crippen molar-refractivity contribution in [3.8, 4) is 11.5 Å². The molecular formula is C30H46ClN2O3+. The first kappa shape index (κ1) is 30.0. The Bertz CT molecular complexity index is 875. The Hall–Kier alpha value is -2.27. The molecule has 0 aliphatic heterocycles. The first-order valence-corrected chi connectivity index (χ1v) is 14.3. The summed E-state index contributed by atoms with van der Waals surface area (Å²) in [5, 5.41) is 3.36. The number of carbonyl (C=O) groups is 1. The molecule has 6 heteroatoms. The topological polar surface area (TPSA) is 51.4 Å². The van der Waals surface area contributed by atoms with Gasteiger partial charge in [-0.15, -0.1) is 0 Å². The first-order chi connectivity index (χ1) is 17.6. The van der Waals surface area contributed by atoms with Gasteiger partial charge in [-0.1, -0.05) is 83.2 Å². The number of amides is 1. The van der Waals surface area contributed by atoms with Gasteiger partial charge in [-0.3, -0.25) is 4.79 Å². The van der Waals surface area contributed by atoms with Crippen molar-refractivity contribution in [3.63, 3.8) is 0 Å². The smallest absolute Gasteiger partial charge is 0.257 e. The molecule has 1 amide bonds. The molecule has 1 aromatic carbocycles. The first-order valence-electron chi connectivity index (χ1n) is 13.9. The molecule has 0 aliphatic rings. The third-order valence-electron chi connectivity index (χ3n) is 6.17. The fraction of sp³-hybridized carbons (Fsp3) is 0.600. The number of hydrogen-bond acceptors (Lipinski definition) is 3. The second kappa shape index (κ2) is 18.9. The Labute approximate surface area is 223 Å². The lowest BCUT2D eigenvalue weighted by Gasteiger charge is -2.11. The molecule has 36 heavy (non-hydrogen) atoms. The van der Waals surface area contributed by atoms with Crippen molar-refractivity contribution in [3.05, 3.63) is 53.3 Å². The molecule has 0 aliphatic carbocycles. The van der Waals surface area contributed by atoms with Gasteiger partial charge in [0.05, 0.1) is 11.6 Å². The van der Waals surface area contributed by atoms with Gasteiger partial charge in [0.2, 0.25) is 0 Å². The number of aromatic nitrogens is 1. The van der Waals surface area contributed by atoms with Gasteiger partial charge in [-0.25, -0.2) is 4.57 Å². The van der Waals surface area contributed by atoms with Gasteiger partial charge in [0.15, 0.2) is 19.0 Å². The average Bonchev–Trinajstić information content (AvgIpc) is 2.87. The van der Waals surface area contributed by atoms with E-state index in [1.54, 1.807) is 12.1 Å². The lowest BCUT2D eigenvalue weighted by molar-refractivity contribution is -0.697. The van der Waals surface area contributed by atoms with Crippen molar-refractivity contribution in [2.75, 3.05) is 19.8 Å². The summed E-state index contributed by atoms with van der Waals surface area (Å²) in [7, 11) is 0. The number of hydrogen-bond donors (Lipinski definition) is 1. The SMILES string of the molecule is CCCCCCCCCCCCOc1ccc(OCC(=O)NCCc2ccc[n+](CCC)c2)c(Cl)c1. The summed E-state index contributed by atoms with van der Waals surface area (Å²) in [5.41, 5.74) is 1.20. The van der Waals surface area contributed by atoms with E-state index < -0.39 is 0 Å². The van der Waals surface area contributed by atoms with Crippen molar-refractivity contribution >= 4 is 17.5 Å². The van der Waals surface area contributed by atoms with Crippen molar-refractivity contribution in [2.45, 2.75) is 97.4 Å². The number of nitrogens with zero attached hydrogens (tertiary/aromatic N) is 1. The third-order valence-corrected chi connectivity index (χ3v) is 6.46. The Balaban J connectivity index is 1.56. The Morgan fingerprint density at radius 3 is 2.33 bits per heavy atom. The summed E-state index contributed by atoms with van der Waals surface area (Å²) in [6, 6.07) is 9.49. The number of unbranched alkanes of at least 4 members (excludes halogenated alkanes) is 9. The van der Waals surface area contributed by atoms with E-state index in [2.05, 4.69) is 42.2 Å². The molecule has 0 spiro atoms. The lowest BCUT2D eigenvalue weighted by atomic mass is 10.1. The van der Waals surface area contributed by atoms with Crippen LogP contribution in [0.5, 0.6) is 11.5 Å². The Kier molecular flexibility index (Phi) is 15.7. The van der Waals surface area contributed by atoms with E-state index in [4.69, 9.17) is 21.1 Å². The van der Waals surface area contributed by atoms with Crippen LogP contribution < -0.4 is 19.4 Å². The molecule has 0 atom stereocenters. The van der Waals surface area contributed by atoms with Crippen LogP contribution >= 0.6 is 11.6 Å². The largest absolute Gasteiger partial charge is 0.494 e. The van der Waals surface area contributed by atoms with E-state index in [0.29, 0.717) is 23.9 Å². The second-order valence-electron chi connectivity index (χ2n) is 9.46. The van der Waals surface area contributed by atoms with Crippen LogP contribution in [0.2, 0.25) is 5.02 Å². The zero-order valence-corrected chi connectivity index (χ0v) is 23.2. The lowest BCUT2D eigenvalue weighted by Crippen LogP contribution is -2.34. The standard InChI is InChI=1S/C30H45ClN2O3/c1-3-5-6-7-8-9-10-11-12-13-22-35-27-16-17-29(28(31)23-27)36-25-30(34)32-19-18-26-15-14-21-33(24-26)20-4-2/h14-17,21,23-24H,3-13,18-20,22,25H2,1-2H3/p+1. The van der Waals surface area contributed by atoms with Crippen LogP contribution in [-0.4, -0.2) is 25.7 Å². The summed E-state index contributed by atoms with van der Waals surface area (Å²) in [6.07, 6.45) is 19.1. The van der Waals surface area contributed by atoms with Gasteiger partial charge in [0, 0.05) is 30.7 Å². The summed E-state index contributed by atoms with van der Waals surface area (Å²) >= 11 is 6.34. The van der Waals surface area contributed by atoms with Crippen molar-refractivity contribution in [2.24, 2.45) is 0 Å². The van der Waals surface area contributed by atoms with Gasteiger partial charge in [-0.2, -0.15) is 0 Å². The highest BCUT2D eigenvalue weighted by Gasteiger charge is 2.08. The number of carbonyl (C=O) groups excluding carboxylic acids is 1. The van der Waals surface area contributed by atoms with E-state index >= 15 is 0 Å². The van der Waals surface area contributed by atoms with E-state index in [1.807, 2.05) is 12.1 Å². The number of pyridine rings is 1. The normalized spacial score (nSPS) is 10.9. The van der Waals surface area contributed by atoms with Crippen molar-refractivity contribution < 1.29 is 18.8 Å². The van der Waals surface area contributed by atoms with E-state index in [1.165, 1.54) is 63.4 Å². The molecule has 0 saturated carbocycles. The maximum atomic E-state index is 12.2. The molecule has 5 nitrogen and oxygen atoms in total. The van der Waals surface area contributed by atoms with Crippen molar-refractivity contribution in [1.82, 2.24) is 5.32 Å². The molecule has 0 bridgehead atoms. The van der Waals surface area contributed by atoms with E-state index in [9.17, 15) is 4.79 Å². The van der Waals surface area contributed by atoms with Crippen LogP contribution in [0.1, 0.15) is 90.0 Å². The quantitative estimate of drug-likeness (QED) is 0.151. The zero-order chi connectivity index (χ0) is 25.8. The maximum absolute atomic E-state index is 12.2. The molecular weight excluding hydrogens is 472 g/mol. The summed E-state index contributed by atoms with van der Waals surface area (Å²) in [6.45, 7) is 6.61. The van der Waals surface area contributed by atoms with Crippen LogP contribution in [-0.2, 0) is 17.8 Å². The predicted octanol–water partition coefficient (Wildman–Crippen LogP) is 7.07.